The van der Waals surface area contributed by atoms with Gasteiger partial charge < -0.3 is 10.3 Å². The first-order chi connectivity index (χ1) is 10.4. The average Bonchev–Trinajstić information content (AvgIpc) is 2.78. The fourth-order valence-corrected chi connectivity index (χ4v) is 2.96. The highest BCUT2D eigenvalue weighted by atomic mass is 35.5. The third-order valence-electron chi connectivity index (χ3n) is 3.63. The minimum Gasteiger partial charge on any atom is -0.384 e. The lowest BCUT2D eigenvalue weighted by molar-refractivity contribution is 0.600. The summed E-state index contributed by atoms with van der Waals surface area (Å²) in [5.41, 5.74) is 8.14. The maximum Gasteiger partial charge on any atom is 0.151 e. The van der Waals surface area contributed by atoms with E-state index in [2.05, 4.69) is 9.97 Å². The zero-order chi connectivity index (χ0) is 16.0. The fourth-order valence-electron chi connectivity index (χ4n) is 2.75. The van der Waals surface area contributed by atoms with Gasteiger partial charge in [0, 0.05) is 17.8 Å². The fraction of sp³-hybridized carbons (Fsp3) is 0.250. The van der Waals surface area contributed by atoms with Crippen LogP contribution in [0.4, 0.5) is 10.2 Å². The number of hydrogen-bond donors (Lipinski definition) is 1. The first-order valence-electron chi connectivity index (χ1n) is 6.98. The number of pyridine rings is 1. The van der Waals surface area contributed by atoms with Crippen molar-refractivity contribution in [1.82, 2.24) is 14.5 Å². The Bertz CT molecular complexity index is 870. The molecule has 6 heteroatoms. The van der Waals surface area contributed by atoms with Crippen molar-refractivity contribution in [3.8, 4) is 11.1 Å². The number of halogens is 2. The van der Waals surface area contributed by atoms with E-state index in [4.69, 9.17) is 17.3 Å². The van der Waals surface area contributed by atoms with E-state index < -0.39 is 0 Å². The number of rotatable bonds is 2. The maximum absolute atomic E-state index is 14.5. The lowest BCUT2D eigenvalue weighted by atomic mass is 10.1. The van der Waals surface area contributed by atoms with Gasteiger partial charge in [0.05, 0.1) is 10.5 Å². The molecule has 0 aliphatic carbocycles. The van der Waals surface area contributed by atoms with E-state index in [-0.39, 0.29) is 11.9 Å². The molecule has 3 aromatic rings. The van der Waals surface area contributed by atoms with Crippen molar-refractivity contribution in [2.45, 2.75) is 26.8 Å². The Morgan fingerprint density at radius 2 is 2.00 bits per heavy atom. The Morgan fingerprint density at radius 3 is 2.68 bits per heavy atom. The summed E-state index contributed by atoms with van der Waals surface area (Å²) < 4.78 is 16.5. The molecule has 2 N–H and O–H groups in total. The Morgan fingerprint density at radius 1 is 1.27 bits per heavy atom. The lowest BCUT2D eigenvalue weighted by Gasteiger charge is -2.12. The zero-order valence-corrected chi connectivity index (χ0v) is 13.3. The van der Waals surface area contributed by atoms with Crippen LogP contribution >= 0.6 is 11.6 Å². The molecule has 2 aromatic heterocycles. The molecular weight excluding hydrogens is 303 g/mol. The van der Waals surface area contributed by atoms with Crippen LogP contribution in [-0.2, 0) is 0 Å². The molecule has 0 bridgehead atoms. The summed E-state index contributed by atoms with van der Waals surface area (Å²) in [7, 11) is 0. The molecule has 0 saturated carbocycles. The Labute approximate surface area is 132 Å². The van der Waals surface area contributed by atoms with Gasteiger partial charge in [0.2, 0.25) is 0 Å². The summed E-state index contributed by atoms with van der Waals surface area (Å²) in [6, 6.07) is 5.14. The summed E-state index contributed by atoms with van der Waals surface area (Å²) in [4.78, 5) is 8.26. The standard InChI is InChI=1S/C16H16ClFN4/c1-8(2)22-9(3)21-16-13(18)4-10(5-14(16)22)11-6-15(19)20-7-12(11)17/h4-8H,1-3H3,(H2,19,20). The third kappa shape index (κ3) is 2.31. The summed E-state index contributed by atoms with van der Waals surface area (Å²) >= 11 is 6.18. The molecule has 2 heterocycles. The molecule has 0 spiro atoms. The van der Waals surface area contributed by atoms with E-state index >= 15 is 0 Å². The van der Waals surface area contributed by atoms with Gasteiger partial charge in [-0.05, 0) is 44.5 Å². The molecule has 0 atom stereocenters. The first-order valence-corrected chi connectivity index (χ1v) is 7.35. The molecule has 0 amide bonds. The van der Waals surface area contributed by atoms with Crippen molar-refractivity contribution in [1.29, 1.82) is 0 Å². The minimum atomic E-state index is -0.374. The largest absolute Gasteiger partial charge is 0.384 e. The van der Waals surface area contributed by atoms with Gasteiger partial charge in [0.15, 0.2) is 5.82 Å². The highest BCUT2D eigenvalue weighted by molar-refractivity contribution is 6.33. The molecule has 22 heavy (non-hydrogen) atoms. The number of nitrogens with zero attached hydrogens (tertiary/aromatic N) is 3. The van der Waals surface area contributed by atoms with Crippen LogP contribution in [0.3, 0.4) is 0 Å². The number of aromatic nitrogens is 3. The average molecular weight is 319 g/mol. The smallest absolute Gasteiger partial charge is 0.151 e. The van der Waals surface area contributed by atoms with Crippen molar-refractivity contribution < 1.29 is 4.39 Å². The number of aryl methyl sites for hydroxylation is 1. The maximum atomic E-state index is 14.5. The molecule has 0 radical (unpaired) electrons. The van der Waals surface area contributed by atoms with E-state index in [0.717, 1.165) is 11.3 Å². The molecule has 0 saturated heterocycles. The number of hydrogen-bond acceptors (Lipinski definition) is 3. The molecule has 3 rings (SSSR count). The van der Waals surface area contributed by atoms with Gasteiger partial charge in [-0.25, -0.2) is 14.4 Å². The molecule has 114 valence electrons. The summed E-state index contributed by atoms with van der Waals surface area (Å²) in [5.74, 6) is 0.747. The first kappa shape index (κ1) is 14.8. The van der Waals surface area contributed by atoms with E-state index in [9.17, 15) is 4.39 Å². The molecule has 0 aliphatic heterocycles. The van der Waals surface area contributed by atoms with E-state index in [1.165, 1.54) is 12.3 Å². The molecule has 0 aliphatic rings. The Hall–Kier alpha value is -2.14. The number of nitrogens with two attached hydrogens (primary N) is 1. The summed E-state index contributed by atoms with van der Waals surface area (Å²) in [6.07, 6.45) is 1.47. The van der Waals surface area contributed by atoms with Crippen LogP contribution < -0.4 is 5.73 Å². The van der Waals surface area contributed by atoms with Crippen LogP contribution in [0.15, 0.2) is 24.4 Å². The second-order valence-corrected chi connectivity index (χ2v) is 5.94. The van der Waals surface area contributed by atoms with Crippen LogP contribution in [0, 0.1) is 12.7 Å². The number of fused-ring (bicyclic) bond motifs is 1. The van der Waals surface area contributed by atoms with Crippen molar-refractivity contribution in [2.24, 2.45) is 0 Å². The van der Waals surface area contributed by atoms with Gasteiger partial charge >= 0.3 is 0 Å². The van der Waals surface area contributed by atoms with Crippen LogP contribution in [0.1, 0.15) is 25.7 Å². The molecule has 4 nitrogen and oxygen atoms in total. The van der Waals surface area contributed by atoms with Gasteiger partial charge in [-0.1, -0.05) is 11.6 Å². The Kier molecular flexibility index (Phi) is 3.53. The second-order valence-electron chi connectivity index (χ2n) is 5.54. The third-order valence-corrected chi connectivity index (χ3v) is 3.93. The van der Waals surface area contributed by atoms with E-state index in [0.29, 0.717) is 27.5 Å². The van der Waals surface area contributed by atoms with Crippen LogP contribution in [0.5, 0.6) is 0 Å². The van der Waals surface area contributed by atoms with E-state index in [1.807, 2.05) is 31.4 Å². The van der Waals surface area contributed by atoms with Crippen molar-refractivity contribution in [3.05, 3.63) is 41.1 Å². The van der Waals surface area contributed by atoms with Crippen LogP contribution in [-0.4, -0.2) is 14.5 Å². The number of anilines is 1. The van der Waals surface area contributed by atoms with Gasteiger partial charge in [-0.3, -0.25) is 0 Å². The SMILES string of the molecule is Cc1nc2c(F)cc(-c3cc(N)ncc3Cl)cc2n1C(C)C. The molecule has 1 aromatic carbocycles. The summed E-state index contributed by atoms with van der Waals surface area (Å²) in [5, 5.41) is 0.431. The van der Waals surface area contributed by atoms with Gasteiger partial charge in [0.25, 0.3) is 0 Å². The minimum absolute atomic E-state index is 0.178. The van der Waals surface area contributed by atoms with Crippen LogP contribution in [0.2, 0.25) is 5.02 Å². The second kappa shape index (κ2) is 5.25. The number of benzene rings is 1. The quantitative estimate of drug-likeness (QED) is 0.763. The predicted octanol–water partition coefficient (Wildman–Crippen LogP) is 4.36. The van der Waals surface area contributed by atoms with Gasteiger partial charge in [0.1, 0.15) is 17.2 Å². The number of imidazole rings is 1. The normalized spacial score (nSPS) is 11.5. The lowest BCUT2D eigenvalue weighted by Crippen LogP contribution is -2.02. The van der Waals surface area contributed by atoms with Crippen LogP contribution in [0.25, 0.3) is 22.2 Å². The van der Waals surface area contributed by atoms with Crippen molar-refractivity contribution in [2.75, 3.05) is 5.73 Å². The molecular formula is C16H16ClFN4. The highest BCUT2D eigenvalue weighted by Crippen LogP contribution is 2.33. The highest BCUT2D eigenvalue weighted by Gasteiger charge is 2.16. The molecule has 0 unspecified atom stereocenters. The van der Waals surface area contributed by atoms with Gasteiger partial charge in [-0.15, -0.1) is 0 Å². The molecule has 0 fully saturated rings. The number of nitrogen functional groups attached to an aromatic ring is 1. The summed E-state index contributed by atoms with van der Waals surface area (Å²) in [6.45, 7) is 5.95. The monoisotopic (exact) mass is 318 g/mol. The Balaban J connectivity index is 2.32. The van der Waals surface area contributed by atoms with Crippen molar-refractivity contribution >= 4 is 28.5 Å². The zero-order valence-electron chi connectivity index (χ0n) is 12.6. The topological polar surface area (TPSA) is 56.7 Å². The van der Waals surface area contributed by atoms with E-state index in [1.54, 1.807) is 6.07 Å². The predicted molar refractivity (Wildman–Crippen MR) is 87.5 cm³/mol. The van der Waals surface area contributed by atoms with Gasteiger partial charge in [-0.2, -0.15) is 0 Å². The van der Waals surface area contributed by atoms with Crippen molar-refractivity contribution in [3.63, 3.8) is 0 Å².